The molecule has 1 N–H and O–H groups in total. The minimum Gasteiger partial charge on any atom is -0.493 e. The summed E-state index contributed by atoms with van der Waals surface area (Å²) in [6, 6.07) is 11.6. The van der Waals surface area contributed by atoms with Gasteiger partial charge in [0.2, 0.25) is 0 Å². The minimum absolute atomic E-state index is 0.00520. The van der Waals surface area contributed by atoms with Crippen LogP contribution in [0.15, 0.2) is 41.3 Å². The van der Waals surface area contributed by atoms with Crippen molar-refractivity contribution >= 4 is 20.9 Å². The van der Waals surface area contributed by atoms with Gasteiger partial charge < -0.3 is 9.47 Å². The number of fused-ring (bicyclic) bond motifs is 1. The Balaban J connectivity index is 2.50. The number of benzene rings is 3. The quantitative estimate of drug-likeness (QED) is 0.658. The summed E-state index contributed by atoms with van der Waals surface area (Å²) in [6.07, 6.45) is 0. The maximum atomic E-state index is 12.0. The van der Waals surface area contributed by atoms with Crippen LogP contribution in [-0.4, -0.2) is 27.2 Å². The molecule has 0 saturated carbocycles. The van der Waals surface area contributed by atoms with Crippen LogP contribution < -0.4 is 9.47 Å². The fourth-order valence-corrected chi connectivity index (χ4v) is 4.20. The molecule has 0 fully saturated rings. The Hall–Kier alpha value is -2.57. The number of hydrogen-bond donors (Lipinski definition) is 1. The molecule has 0 heterocycles. The normalized spacial score (nSPS) is 11.6. The Labute approximate surface area is 159 Å². The number of methoxy groups -OCH3 is 2. The number of aryl methyl sites for hydroxylation is 2. The topological polar surface area (TPSA) is 72.8 Å². The van der Waals surface area contributed by atoms with Crippen LogP contribution in [0.25, 0.3) is 21.9 Å². The van der Waals surface area contributed by atoms with Crippen LogP contribution >= 0.6 is 0 Å². The Bertz CT molecular complexity index is 1150. The zero-order chi connectivity index (χ0) is 19.9. The molecule has 142 valence electrons. The van der Waals surface area contributed by atoms with Crippen LogP contribution in [0.1, 0.15) is 16.7 Å². The Morgan fingerprint density at radius 3 is 2.11 bits per heavy atom. The second-order valence-electron chi connectivity index (χ2n) is 6.57. The molecule has 0 atom stereocenters. The SMILES string of the molecule is COc1c(S(=O)(=O)O)cc(-c2cc(C)cc3c(C)cccc23)c(C)c1OC. The summed E-state index contributed by atoms with van der Waals surface area (Å²) in [5.41, 5.74) is 4.45. The van der Waals surface area contributed by atoms with Crippen LogP contribution in [-0.2, 0) is 10.1 Å². The fourth-order valence-electron chi connectivity index (χ4n) is 3.52. The lowest BCUT2D eigenvalue weighted by molar-refractivity contribution is 0.343. The molecule has 0 saturated heterocycles. The average Bonchev–Trinajstić information content (AvgIpc) is 2.60. The van der Waals surface area contributed by atoms with Gasteiger partial charge in [-0.25, -0.2) is 0 Å². The molecule has 3 aromatic carbocycles. The molecule has 0 aliphatic rings. The molecule has 0 radical (unpaired) electrons. The summed E-state index contributed by atoms with van der Waals surface area (Å²) in [4.78, 5) is -0.315. The highest BCUT2D eigenvalue weighted by Crippen LogP contribution is 2.44. The smallest absolute Gasteiger partial charge is 0.298 e. The molecular formula is C21H22O5S. The fraction of sp³-hybridized carbons (Fsp3) is 0.238. The van der Waals surface area contributed by atoms with Crippen molar-refractivity contribution in [3.8, 4) is 22.6 Å². The van der Waals surface area contributed by atoms with Gasteiger partial charge >= 0.3 is 0 Å². The van der Waals surface area contributed by atoms with E-state index in [2.05, 4.69) is 6.07 Å². The Morgan fingerprint density at radius 2 is 1.52 bits per heavy atom. The van der Waals surface area contributed by atoms with E-state index in [9.17, 15) is 13.0 Å². The molecule has 0 bridgehead atoms. The molecule has 0 unspecified atom stereocenters. The Kier molecular flexibility index (Phi) is 4.88. The maximum Gasteiger partial charge on any atom is 0.298 e. The lowest BCUT2D eigenvalue weighted by atomic mass is 9.91. The maximum absolute atomic E-state index is 12.0. The van der Waals surface area contributed by atoms with Crippen molar-refractivity contribution in [2.24, 2.45) is 0 Å². The van der Waals surface area contributed by atoms with E-state index in [1.54, 1.807) is 0 Å². The van der Waals surface area contributed by atoms with Crippen molar-refractivity contribution in [1.29, 1.82) is 0 Å². The highest BCUT2D eigenvalue weighted by molar-refractivity contribution is 7.86. The van der Waals surface area contributed by atoms with E-state index >= 15 is 0 Å². The summed E-state index contributed by atoms with van der Waals surface area (Å²) in [5.74, 6) is 0.277. The second-order valence-corrected chi connectivity index (χ2v) is 7.96. The molecule has 3 rings (SSSR count). The molecule has 5 nitrogen and oxygen atoms in total. The summed E-state index contributed by atoms with van der Waals surface area (Å²) >= 11 is 0. The predicted octanol–water partition coefficient (Wildman–Crippen LogP) is 4.70. The van der Waals surface area contributed by atoms with Crippen molar-refractivity contribution in [1.82, 2.24) is 0 Å². The lowest BCUT2D eigenvalue weighted by Gasteiger charge is -2.19. The van der Waals surface area contributed by atoms with Crippen LogP contribution in [0.2, 0.25) is 0 Å². The van der Waals surface area contributed by atoms with Crippen LogP contribution in [0.4, 0.5) is 0 Å². The van der Waals surface area contributed by atoms with Crippen molar-refractivity contribution < 1.29 is 22.4 Å². The van der Waals surface area contributed by atoms with E-state index in [1.807, 2.05) is 45.0 Å². The van der Waals surface area contributed by atoms with Gasteiger partial charge in [0, 0.05) is 5.56 Å². The number of rotatable bonds is 4. The Morgan fingerprint density at radius 1 is 0.852 bits per heavy atom. The third-order valence-corrected chi connectivity index (χ3v) is 5.64. The lowest BCUT2D eigenvalue weighted by Crippen LogP contribution is -2.06. The van der Waals surface area contributed by atoms with Crippen molar-refractivity contribution in [2.75, 3.05) is 14.2 Å². The van der Waals surface area contributed by atoms with E-state index < -0.39 is 10.1 Å². The summed E-state index contributed by atoms with van der Waals surface area (Å²) in [7, 11) is -1.71. The molecule has 6 heteroatoms. The molecule has 0 aromatic heterocycles. The second kappa shape index (κ2) is 6.87. The first kappa shape index (κ1) is 19.2. The van der Waals surface area contributed by atoms with Gasteiger partial charge in [-0.3, -0.25) is 4.55 Å². The molecular weight excluding hydrogens is 364 g/mol. The van der Waals surface area contributed by atoms with Gasteiger partial charge in [0.25, 0.3) is 10.1 Å². The largest absolute Gasteiger partial charge is 0.493 e. The van der Waals surface area contributed by atoms with Gasteiger partial charge in [-0.1, -0.05) is 30.3 Å². The van der Waals surface area contributed by atoms with Gasteiger partial charge in [0.05, 0.1) is 14.2 Å². The van der Waals surface area contributed by atoms with Gasteiger partial charge in [-0.15, -0.1) is 0 Å². The van der Waals surface area contributed by atoms with Crippen LogP contribution in [0.3, 0.4) is 0 Å². The first-order chi connectivity index (χ1) is 12.7. The predicted molar refractivity (Wildman–Crippen MR) is 107 cm³/mol. The zero-order valence-electron chi connectivity index (χ0n) is 16.0. The van der Waals surface area contributed by atoms with Crippen molar-refractivity contribution in [3.63, 3.8) is 0 Å². The molecule has 0 amide bonds. The van der Waals surface area contributed by atoms with E-state index in [4.69, 9.17) is 9.47 Å². The number of ether oxygens (including phenoxy) is 2. The molecule has 3 aromatic rings. The van der Waals surface area contributed by atoms with Crippen LogP contribution in [0, 0.1) is 20.8 Å². The van der Waals surface area contributed by atoms with Gasteiger partial charge in [-0.2, -0.15) is 8.42 Å². The third-order valence-electron chi connectivity index (χ3n) is 4.78. The first-order valence-corrected chi connectivity index (χ1v) is 9.86. The van der Waals surface area contributed by atoms with E-state index in [0.717, 1.165) is 33.0 Å². The third kappa shape index (κ3) is 3.26. The highest BCUT2D eigenvalue weighted by Gasteiger charge is 2.26. The van der Waals surface area contributed by atoms with E-state index in [-0.39, 0.29) is 16.4 Å². The summed E-state index contributed by atoms with van der Waals surface area (Å²) < 4.78 is 44.4. The monoisotopic (exact) mass is 386 g/mol. The van der Waals surface area contributed by atoms with Gasteiger partial charge in [-0.05, 0) is 59.9 Å². The molecule has 0 aliphatic heterocycles. The highest BCUT2D eigenvalue weighted by atomic mass is 32.2. The molecule has 0 spiro atoms. The molecule has 0 aliphatic carbocycles. The summed E-state index contributed by atoms with van der Waals surface area (Å²) in [6.45, 7) is 5.88. The zero-order valence-corrected chi connectivity index (χ0v) is 16.8. The van der Waals surface area contributed by atoms with Crippen LogP contribution in [0.5, 0.6) is 11.5 Å². The van der Waals surface area contributed by atoms with E-state index in [0.29, 0.717) is 5.56 Å². The van der Waals surface area contributed by atoms with E-state index in [1.165, 1.54) is 20.3 Å². The van der Waals surface area contributed by atoms with Crippen molar-refractivity contribution in [3.05, 3.63) is 53.1 Å². The average molecular weight is 386 g/mol. The summed E-state index contributed by atoms with van der Waals surface area (Å²) in [5, 5.41) is 2.09. The standard InChI is InChI=1S/C21H22O5S/c1-12-9-16-13(2)7-6-8-15(16)18(10-12)17-11-19(27(22,23)24)21(26-5)20(25-4)14(17)3/h6-11H,1-5H3,(H,22,23,24). The first-order valence-electron chi connectivity index (χ1n) is 8.42. The van der Waals surface area contributed by atoms with Crippen molar-refractivity contribution in [2.45, 2.75) is 25.7 Å². The minimum atomic E-state index is -4.50. The van der Waals surface area contributed by atoms with Gasteiger partial charge in [0.1, 0.15) is 4.90 Å². The van der Waals surface area contributed by atoms with Gasteiger partial charge in [0.15, 0.2) is 11.5 Å². The number of hydrogen-bond acceptors (Lipinski definition) is 4. The molecule has 27 heavy (non-hydrogen) atoms.